The zero-order valence-electron chi connectivity index (χ0n) is 10.8. The molecule has 0 aliphatic carbocycles. The van der Waals surface area contributed by atoms with Gasteiger partial charge in [0, 0.05) is 5.41 Å². The van der Waals surface area contributed by atoms with E-state index in [9.17, 15) is 0 Å². The molecule has 0 atom stereocenters. The van der Waals surface area contributed by atoms with Crippen molar-refractivity contribution in [2.75, 3.05) is 6.61 Å². The molecule has 14 heavy (non-hydrogen) atoms. The lowest BCUT2D eigenvalue weighted by Gasteiger charge is -2.23. The van der Waals surface area contributed by atoms with Gasteiger partial charge in [0.1, 0.15) is 0 Å². The Labute approximate surface area is 89.5 Å². The quantitative estimate of drug-likeness (QED) is 0.619. The third kappa shape index (κ3) is 8.31. The van der Waals surface area contributed by atoms with Gasteiger partial charge in [-0.15, -0.1) is 0 Å². The lowest BCUT2D eigenvalue weighted by Crippen LogP contribution is -2.20. The van der Waals surface area contributed by atoms with Crippen molar-refractivity contribution in [2.24, 2.45) is 10.8 Å². The molecule has 0 amide bonds. The molecule has 0 bridgehead atoms. The number of ether oxygens (including phenoxy) is 1. The van der Waals surface area contributed by atoms with Gasteiger partial charge >= 0.3 is 0 Å². The van der Waals surface area contributed by atoms with Crippen LogP contribution in [0.25, 0.3) is 0 Å². The minimum atomic E-state index is 0.136. The summed E-state index contributed by atoms with van der Waals surface area (Å²) >= 11 is 0. The number of hydrogen-bond donors (Lipinski definition) is 0. The Morgan fingerprint density at radius 2 is 1.50 bits per heavy atom. The number of rotatable bonds is 4. The molecule has 0 radical (unpaired) electrons. The Bertz CT molecular complexity index is 182. The van der Waals surface area contributed by atoms with Crippen LogP contribution in [0.3, 0.4) is 0 Å². The first-order valence-electron chi connectivity index (χ1n) is 5.44. The van der Waals surface area contributed by atoms with E-state index in [1.54, 1.807) is 0 Å². The predicted molar refractivity (Wildman–Crippen MR) is 63.5 cm³/mol. The summed E-state index contributed by atoms with van der Waals surface area (Å²) in [6.45, 7) is 16.0. The maximum absolute atomic E-state index is 5.62. The van der Waals surface area contributed by atoms with E-state index in [2.05, 4.69) is 60.6 Å². The van der Waals surface area contributed by atoms with Crippen molar-refractivity contribution in [3.05, 3.63) is 12.2 Å². The van der Waals surface area contributed by atoms with Crippen molar-refractivity contribution in [3.8, 4) is 0 Å². The highest BCUT2D eigenvalue weighted by molar-refractivity contribution is 5.00. The maximum Gasteiger partial charge on any atom is 0.0555 e. The Morgan fingerprint density at radius 1 is 1.00 bits per heavy atom. The molecule has 0 aliphatic heterocycles. The third-order valence-corrected chi connectivity index (χ3v) is 1.82. The van der Waals surface area contributed by atoms with Crippen molar-refractivity contribution in [2.45, 2.75) is 54.6 Å². The van der Waals surface area contributed by atoms with Crippen molar-refractivity contribution in [1.82, 2.24) is 0 Å². The molecule has 0 spiro atoms. The first-order valence-corrected chi connectivity index (χ1v) is 5.44. The summed E-state index contributed by atoms with van der Waals surface area (Å²) in [5.74, 6) is 0. The van der Waals surface area contributed by atoms with E-state index in [4.69, 9.17) is 4.74 Å². The zero-order chi connectivity index (χ0) is 11.4. The van der Waals surface area contributed by atoms with Crippen LogP contribution in [0, 0.1) is 10.8 Å². The van der Waals surface area contributed by atoms with Gasteiger partial charge in [0.2, 0.25) is 0 Å². The van der Waals surface area contributed by atoms with E-state index < -0.39 is 0 Å². The number of allylic oxidation sites excluding steroid dienone is 1. The molecular weight excluding hydrogens is 172 g/mol. The normalized spacial score (nSPS) is 14.3. The molecule has 0 aromatic rings. The van der Waals surface area contributed by atoms with E-state index in [1.807, 2.05) is 0 Å². The van der Waals surface area contributed by atoms with Crippen LogP contribution < -0.4 is 0 Å². The van der Waals surface area contributed by atoms with Crippen molar-refractivity contribution < 1.29 is 4.74 Å². The van der Waals surface area contributed by atoms with E-state index in [0.717, 1.165) is 6.61 Å². The molecule has 0 aromatic carbocycles. The van der Waals surface area contributed by atoms with Crippen molar-refractivity contribution in [3.63, 3.8) is 0 Å². The first kappa shape index (κ1) is 13.7. The highest BCUT2D eigenvalue weighted by atomic mass is 16.5. The Morgan fingerprint density at radius 3 is 1.86 bits per heavy atom. The van der Waals surface area contributed by atoms with Gasteiger partial charge in [0.05, 0.1) is 12.7 Å². The van der Waals surface area contributed by atoms with Crippen LogP contribution in [0.2, 0.25) is 0 Å². The Hall–Kier alpha value is -0.300. The molecule has 1 nitrogen and oxygen atoms in total. The lowest BCUT2D eigenvalue weighted by molar-refractivity contribution is 0.0379. The third-order valence-electron chi connectivity index (χ3n) is 1.82. The summed E-state index contributed by atoms with van der Waals surface area (Å²) in [7, 11) is 0. The van der Waals surface area contributed by atoms with Gasteiger partial charge in [-0.2, -0.15) is 0 Å². The largest absolute Gasteiger partial charge is 0.378 e. The SMILES string of the molecule is CC(C)OCC(C)(C)C=CC(C)(C)C. The molecule has 84 valence electrons. The molecule has 0 fully saturated rings. The minimum absolute atomic E-state index is 0.136. The van der Waals surface area contributed by atoms with Crippen molar-refractivity contribution >= 4 is 0 Å². The summed E-state index contributed by atoms with van der Waals surface area (Å²) in [6.07, 6.45) is 4.84. The summed E-state index contributed by atoms with van der Waals surface area (Å²) in [5.41, 5.74) is 0.395. The van der Waals surface area contributed by atoms with Gasteiger partial charge in [-0.1, -0.05) is 46.8 Å². The molecule has 0 saturated carbocycles. The monoisotopic (exact) mass is 198 g/mol. The highest BCUT2D eigenvalue weighted by Crippen LogP contribution is 2.23. The molecule has 0 heterocycles. The van der Waals surface area contributed by atoms with Gasteiger partial charge in [0.15, 0.2) is 0 Å². The van der Waals surface area contributed by atoms with E-state index in [-0.39, 0.29) is 10.8 Å². The second-order valence-electron chi connectivity index (χ2n) is 6.05. The molecule has 0 N–H and O–H groups in total. The minimum Gasteiger partial charge on any atom is -0.378 e. The van der Waals surface area contributed by atoms with Crippen molar-refractivity contribution in [1.29, 1.82) is 0 Å². The van der Waals surface area contributed by atoms with Gasteiger partial charge in [-0.05, 0) is 19.3 Å². The fourth-order valence-electron chi connectivity index (χ4n) is 0.905. The Kier molecular flexibility index (Phi) is 4.87. The fraction of sp³-hybridized carbons (Fsp3) is 0.846. The van der Waals surface area contributed by atoms with Crippen LogP contribution in [-0.2, 0) is 4.74 Å². The van der Waals surface area contributed by atoms with Gasteiger partial charge in [-0.25, -0.2) is 0 Å². The van der Waals surface area contributed by atoms with Crippen LogP contribution in [0.15, 0.2) is 12.2 Å². The Balaban J connectivity index is 4.13. The molecule has 0 rings (SSSR count). The van der Waals surface area contributed by atoms with E-state index in [0.29, 0.717) is 6.10 Å². The van der Waals surface area contributed by atoms with Gasteiger partial charge in [-0.3, -0.25) is 0 Å². The molecule has 1 heteroatoms. The standard InChI is InChI=1S/C13H26O/c1-11(2)14-10-13(6,7)9-8-12(3,4)5/h8-9,11H,10H2,1-7H3. The summed E-state index contributed by atoms with van der Waals surface area (Å²) in [6, 6.07) is 0. The molecular formula is C13H26O. The summed E-state index contributed by atoms with van der Waals surface area (Å²) < 4.78 is 5.62. The van der Waals surface area contributed by atoms with Gasteiger partial charge in [0.25, 0.3) is 0 Å². The summed E-state index contributed by atoms with van der Waals surface area (Å²) in [4.78, 5) is 0. The zero-order valence-corrected chi connectivity index (χ0v) is 10.8. The average Bonchev–Trinajstić information content (AvgIpc) is 1.97. The molecule has 0 aromatic heterocycles. The number of hydrogen-bond acceptors (Lipinski definition) is 1. The smallest absolute Gasteiger partial charge is 0.0555 e. The molecule has 0 unspecified atom stereocenters. The lowest BCUT2D eigenvalue weighted by atomic mass is 9.88. The first-order chi connectivity index (χ1) is 6.12. The molecule has 0 saturated heterocycles. The maximum atomic E-state index is 5.62. The van der Waals surface area contributed by atoms with Gasteiger partial charge < -0.3 is 4.74 Å². The van der Waals surface area contributed by atoms with Crippen LogP contribution >= 0.6 is 0 Å². The van der Waals surface area contributed by atoms with E-state index in [1.165, 1.54) is 0 Å². The van der Waals surface area contributed by atoms with Crippen LogP contribution in [0.5, 0.6) is 0 Å². The second kappa shape index (κ2) is 4.97. The van der Waals surface area contributed by atoms with Crippen LogP contribution in [0.4, 0.5) is 0 Å². The van der Waals surface area contributed by atoms with Crippen LogP contribution in [-0.4, -0.2) is 12.7 Å². The van der Waals surface area contributed by atoms with Crippen LogP contribution in [0.1, 0.15) is 48.5 Å². The average molecular weight is 198 g/mol. The highest BCUT2D eigenvalue weighted by Gasteiger charge is 2.16. The second-order valence-corrected chi connectivity index (χ2v) is 6.05. The fourth-order valence-corrected chi connectivity index (χ4v) is 0.905. The van der Waals surface area contributed by atoms with E-state index >= 15 is 0 Å². The summed E-state index contributed by atoms with van der Waals surface area (Å²) in [5, 5.41) is 0. The topological polar surface area (TPSA) is 9.23 Å². The predicted octanol–water partition coefficient (Wildman–Crippen LogP) is 4.04. The molecule has 0 aliphatic rings.